The minimum absolute atomic E-state index is 0.0347. The number of nitrogens with one attached hydrogen (secondary N) is 1. The van der Waals surface area contributed by atoms with Gasteiger partial charge in [-0.05, 0) is 36.8 Å². The second kappa shape index (κ2) is 6.37. The number of furan rings is 1. The van der Waals surface area contributed by atoms with Gasteiger partial charge < -0.3 is 4.42 Å². The summed E-state index contributed by atoms with van der Waals surface area (Å²) in [4.78, 5) is 4.50. The van der Waals surface area contributed by atoms with Gasteiger partial charge in [0.25, 0.3) is 0 Å². The van der Waals surface area contributed by atoms with Crippen molar-refractivity contribution in [2.45, 2.75) is 19.0 Å². The maximum Gasteiger partial charge on any atom is 0.120 e. The summed E-state index contributed by atoms with van der Waals surface area (Å²) >= 11 is 0. The van der Waals surface area contributed by atoms with Crippen molar-refractivity contribution in [1.82, 2.24) is 10.3 Å². The van der Waals surface area contributed by atoms with Gasteiger partial charge in [-0.3, -0.25) is 10.3 Å². The molecule has 0 aliphatic carbocycles. The molecule has 0 fully saturated rings. The smallest absolute Gasteiger partial charge is 0.120 e. The van der Waals surface area contributed by atoms with Crippen molar-refractivity contribution in [3.05, 3.63) is 90.1 Å². The molecule has 0 aliphatic rings. The quantitative estimate of drug-likeness (QED) is 0.763. The van der Waals surface area contributed by atoms with E-state index in [-0.39, 0.29) is 12.1 Å². The Balaban J connectivity index is 1.90. The molecule has 0 spiro atoms. The summed E-state index contributed by atoms with van der Waals surface area (Å²) in [7, 11) is 0. The van der Waals surface area contributed by atoms with E-state index in [0.717, 1.165) is 11.5 Å². The number of hydrogen-bond acceptors (Lipinski definition) is 3. The van der Waals surface area contributed by atoms with Crippen LogP contribution in [0.1, 0.15) is 36.0 Å². The Morgan fingerprint density at radius 2 is 1.76 bits per heavy atom. The SMILES string of the molecule is C[C@@H](NC(c1ccccc1)c1ccccn1)c1ccco1. The fourth-order valence-corrected chi connectivity index (χ4v) is 2.41. The van der Waals surface area contributed by atoms with Gasteiger partial charge in [0, 0.05) is 6.20 Å². The van der Waals surface area contributed by atoms with Crippen LogP contribution >= 0.6 is 0 Å². The molecule has 2 atom stereocenters. The number of hydrogen-bond donors (Lipinski definition) is 1. The lowest BCUT2D eigenvalue weighted by Gasteiger charge is -2.22. The van der Waals surface area contributed by atoms with Gasteiger partial charge in [-0.25, -0.2) is 0 Å². The van der Waals surface area contributed by atoms with Crippen LogP contribution in [0.15, 0.2) is 77.5 Å². The lowest BCUT2D eigenvalue weighted by Crippen LogP contribution is -2.26. The van der Waals surface area contributed by atoms with Crippen LogP contribution in [0.4, 0.5) is 0 Å². The van der Waals surface area contributed by atoms with Crippen molar-refractivity contribution in [2.75, 3.05) is 0 Å². The second-order valence-corrected chi connectivity index (χ2v) is 5.00. The molecule has 0 radical (unpaired) electrons. The van der Waals surface area contributed by atoms with Gasteiger partial charge in [0.1, 0.15) is 5.76 Å². The van der Waals surface area contributed by atoms with Crippen LogP contribution in [0.25, 0.3) is 0 Å². The molecule has 0 saturated heterocycles. The predicted octanol–water partition coefficient (Wildman–Crippen LogP) is 4.11. The third-order valence-corrected chi connectivity index (χ3v) is 3.50. The second-order valence-electron chi connectivity index (χ2n) is 5.00. The highest BCUT2D eigenvalue weighted by atomic mass is 16.3. The highest BCUT2D eigenvalue weighted by molar-refractivity contribution is 5.28. The van der Waals surface area contributed by atoms with E-state index in [2.05, 4.69) is 29.4 Å². The van der Waals surface area contributed by atoms with Crippen LogP contribution in [-0.2, 0) is 0 Å². The summed E-state index contributed by atoms with van der Waals surface area (Å²) in [6, 6.07) is 20.4. The minimum atomic E-state index is 0.0347. The molecular formula is C18H18N2O. The van der Waals surface area contributed by atoms with Gasteiger partial charge in [0.2, 0.25) is 0 Å². The van der Waals surface area contributed by atoms with Crippen molar-refractivity contribution in [3.63, 3.8) is 0 Å². The van der Waals surface area contributed by atoms with Gasteiger partial charge in [-0.1, -0.05) is 36.4 Å². The van der Waals surface area contributed by atoms with Crippen molar-refractivity contribution in [3.8, 4) is 0 Å². The Kier molecular flexibility index (Phi) is 4.12. The molecular weight excluding hydrogens is 260 g/mol. The summed E-state index contributed by atoms with van der Waals surface area (Å²) < 4.78 is 5.49. The normalized spacial score (nSPS) is 13.8. The molecule has 1 N–H and O–H groups in total. The number of nitrogens with zero attached hydrogens (tertiary/aromatic N) is 1. The first-order valence-electron chi connectivity index (χ1n) is 7.10. The fraction of sp³-hybridized carbons (Fsp3) is 0.167. The van der Waals surface area contributed by atoms with E-state index in [1.54, 1.807) is 6.26 Å². The van der Waals surface area contributed by atoms with Crippen molar-refractivity contribution in [2.24, 2.45) is 0 Å². The third kappa shape index (κ3) is 3.20. The lowest BCUT2D eigenvalue weighted by molar-refractivity contribution is 0.409. The number of aromatic nitrogens is 1. The van der Waals surface area contributed by atoms with E-state index in [1.807, 2.05) is 54.7 Å². The topological polar surface area (TPSA) is 38.1 Å². The van der Waals surface area contributed by atoms with Gasteiger partial charge >= 0.3 is 0 Å². The first-order valence-corrected chi connectivity index (χ1v) is 7.10. The molecule has 2 heterocycles. The number of pyridine rings is 1. The van der Waals surface area contributed by atoms with Crippen LogP contribution < -0.4 is 5.32 Å². The Labute approximate surface area is 124 Å². The zero-order chi connectivity index (χ0) is 14.5. The van der Waals surface area contributed by atoms with Crippen LogP contribution in [0.3, 0.4) is 0 Å². The predicted molar refractivity (Wildman–Crippen MR) is 82.8 cm³/mol. The monoisotopic (exact) mass is 278 g/mol. The molecule has 21 heavy (non-hydrogen) atoms. The van der Waals surface area contributed by atoms with Crippen LogP contribution in [-0.4, -0.2) is 4.98 Å². The van der Waals surface area contributed by atoms with E-state index in [1.165, 1.54) is 5.56 Å². The van der Waals surface area contributed by atoms with Gasteiger partial charge in [0.05, 0.1) is 24.0 Å². The van der Waals surface area contributed by atoms with E-state index in [0.29, 0.717) is 0 Å². The van der Waals surface area contributed by atoms with Gasteiger partial charge in [-0.2, -0.15) is 0 Å². The largest absolute Gasteiger partial charge is 0.468 e. The summed E-state index contributed by atoms with van der Waals surface area (Å²) in [5.74, 6) is 0.923. The molecule has 0 amide bonds. The Morgan fingerprint density at radius 1 is 0.952 bits per heavy atom. The molecule has 2 aromatic heterocycles. The van der Waals surface area contributed by atoms with E-state index < -0.39 is 0 Å². The number of rotatable bonds is 5. The average Bonchev–Trinajstić information content (AvgIpc) is 3.09. The summed E-state index contributed by atoms with van der Waals surface area (Å²) in [5.41, 5.74) is 2.19. The molecule has 0 saturated carbocycles. The summed E-state index contributed by atoms with van der Waals surface area (Å²) in [5, 5.41) is 3.60. The Hall–Kier alpha value is -2.39. The van der Waals surface area contributed by atoms with E-state index in [4.69, 9.17) is 4.42 Å². The van der Waals surface area contributed by atoms with E-state index in [9.17, 15) is 0 Å². The minimum Gasteiger partial charge on any atom is -0.468 e. The summed E-state index contributed by atoms with van der Waals surface area (Å²) in [6.07, 6.45) is 3.52. The standard InChI is InChI=1S/C18H18N2O/c1-14(17-11-7-13-21-17)20-18(15-8-3-2-4-9-15)16-10-5-6-12-19-16/h2-14,18,20H,1H3/t14-,18?/m1/s1. The lowest BCUT2D eigenvalue weighted by atomic mass is 10.0. The van der Waals surface area contributed by atoms with E-state index >= 15 is 0 Å². The summed E-state index contributed by atoms with van der Waals surface area (Å²) in [6.45, 7) is 2.09. The highest BCUT2D eigenvalue weighted by Gasteiger charge is 2.19. The van der Waals surface area contributed by atoms with Crippen LogP contribution in [0, 0.1) is 0 Å². The number of benzene rings is 1. The maximum atomic E-state index is 5.49. The molecule has 0 aliphatic heterocycles. The molecule has 1 aromatic carbocycles. The molecule has 3 rings (SSSR count). The molecule has 3 aromatic rings. The molecule has 3 heteroatoms. The van der Waals surface area contributed by atoms with Crippen LogP contribution in [0.5, 0.6) is 0 Å². The maximum absolute atomic E-state index is 5.49. The van der Waals surface area contributed by atoms with Crippen molar-refractivity contribution >= 4 is 0 Å². The molecule has 3 nitrogen and oxygen atoms in total. The van der Waals surface area contributed by atoms with Crippen molar-refractivity contribution in [1.29, 1.82) is 0 Å². The third-order valence-electron chi connectivity index (χ3n) is 3.50. The zero-order valence-corrected chi connectivity index (χ0v) is 11.9. The molecule has 0 bridgehead atoms. The van der Waals surface area contributed by atoms with Crippen molar-refractivity contribution < 1.29 is 4.42 Å². The van der Waals surface area contributed by atoms with Gasteiger partial charge in [-0.15, -0.1) is 0 Å². The molecule has 106 valence electrons. The Bertz CT molecular complexity index is 611. The first kappa shape index (κ1) is 13.6. The Morgan fingerprint density at radius 3 is 2.43 bits per heavy atom. The van der Waals surface area contributed by atoms with Gasteiger partial charge in [0.15, 0.2) is 0 Å². The highest BCUT2D eigenvalue weighted by Crippen LogP contribution is 2.24. The average molecular weight is 278 g/mol. The first-order chi connectivity index (χ1) is 10.3. The zero-order valence-electron chi connectivity index (χ0n) is 11.9. The molecule has 1 unspecified atom stereocenters. The fourth-order valence-electron chi connectivity index (χ4n) is 2.41. The van der Waals surface area contributed by atoms with Crippen LogP contribution in [0.2, 0.25) is 0 Å².